The quantitative estimate of drug-likeness (QED) is 0.0165. The first-order valence-electron chi connectivity index (χ1n) is 40.4. The monoisotopic (exact) mass is 1570 g/mol. The van der Waals surface area contributed by atoms with Gasteiger partial charge in [0.2, 0.25) is 11.8 Å². The fraction of sp³-hybridized carbons (Fsp3) is 0.581. The average molecular weight is 1570 g/mol. The summed E-state index contributed by atoms with van der Waals surface area (Å²) in [5.41, 5.74) is 5.61. The van der Waals surface area contributed by atoms with E-state index in [-0.39, 0.29) is 47.6 Å². The number of carbonyl (C=O) groups excluding carboxylic acids is 4. The number of urea groups is 2. The molecule has 4 aromatic heterocycles. The van der Waals surface area contributed by atoms with E-state index in [0.29, 0.717) is 56.6 Å². The molecule has 1 aliphatic rings. The summed E-state index contributed by atoms with van der Waals surface area (Å²) in [6.45, 7) is 29.5. The van der Waals surface area contributed by atoms with Crippen LogP contribution < -0.4 is 31.9 Å². The van der Waals surface area contributed by atoms with Crippen LogP contribution in [0.15, 0.2) is 158 Å². The van der Waals surface area contributed by atoms with Crippen LogP contribution in [-0.2, 0) is 77.1 Å². The van der Waals surface area contributed by atoms with Crippen LogP contribution in [0.25, 0.3) is 0 Å². The zero-order chi connectivity index (χ0) is 81.2. The molecule has 1 fully saturated rings. The summed E-state index contributed by atoms with van der Waals surface area (Å²) in [7, 11) is -3.69. The second kappa shape index (κ2) is 72.9. The minimum absolute atomic E-state index is 0.0633. The van der Waals surface area contributed by atoms with Gasteiger partial charge in [-0.2, -0.15) is 0 Å². The second-order valence-corrected chi connectivity index (χ2v) is 30.4. The van der Waals surface area contributed by atoms with Gasteiger partial charge < -0.3 is 51.6 Å². The summed E-state index contributed by atoms with van der Waals surface area (Å²) in [4.78, 5) is 63.7. The predicted octanol–water partition coefficient (Wildman–Crippen LogP) is 14.8. The van der Waals surface area contributed by atoms with Crippen LogP contribution in [0, 0.1) is 0 Å². The number of aliphatic hydroxyl groups excluding tert-OH is 2. The molecule has 0 aliphatic carbocycles. The maximum atomic E-state index is 11.5. The van der Waals surface area contributed by atoms with Crippen LogP contribution >= 0.6 is 0 Å². The number of unbranched alkanes of at least 4 members (excludes halogenated alkanes) is 8. The molecule has 7 rings (SSSR count). The van der Waals surface area contributed by atoms with Crippen molar-refractivity contribution in [3.63, 3.8) is 0 Å². The Morgan fingerprint density at radius 1 is 0.491 bits per heavy atom. The third-order valence-corrected chi connectivity index (χ3v) is 19.3. The lowest BCUT2D eigenvalue weighted by Gasteiger charge is -2.23. The van der Waals surface area contributed by atoms with Gasteiger partial charge in [0.1, 0.15) is 0 Å². The molecular weight excluding hydrogens is 1430 g/mol. The molecule has 0 saturated carbocycles. The molecule has 5 heterocycles. The Bertz CT molecular complexity index is 3100. The van der Waals surface area contributed by atoms with Crippen LogP contribution in [0.1, 0.15) is 225 Å². The molecule has 0 bridgehead atoms. The summed E-state index contributed by atoms with van der Waals surface area (Å²) in [6.07, 6.45) is 29.0. The SMILES string of the molecule is CCCCNC(=O)Cc1ccccc1.CCCCNC(=O)Cc1ccncc1.CCCCNC(=O)NCc1ccccc1.CCCCNC(=O)NCc1ccccn1.CCCCOCC(O)CC.CCCCOCC(O)CN1CCC[C@H]1C.CCCCS(=O)(=O)Cc1ccccn1.CCCCS(=O)Cc1ccccn1. The first kappa shape index (κ1) is 102. The first-order valence-corrected chi connectivity index (χ1v) is 43.7. The summed E-state index contributed by atoms with van der Waals surface area (Å²) in [5.74, 6) is 1.93. The number of nitrogens with zero attached hydrogens (tertiary/aromatic N) is 5. The smallest absolute Gasteiger partial charge is 0.315 e. The predicted molar refractivity (Wildman–Crippen MR) is 451 cm³/mol. The van der Waals surface area contributed by atoms with E-state index in [9.17, 15) is 36.9 Å². The Kier molecular flexibility index (Phi) is 67.9. The zero-order valence-corrected chi connectivity index (χ0v) is 70.2. The Morgan fingerprint density at radius 3 is 1.36 bits per heavy atom. The number of amides is 6. The number of β-amino-alcohol motifs (C(OH)–C–C–N with tert-alkyl or cyclic N) is 1. The molecule has 1 aliphatic heterocycles. The highest BCUT2D eigenvalue weighted by molar-refractivity contribution is 7.90. The van der Waals surface area contributed by atoms with Gasteiger partial charge in [-0.05, 0) is 149 Å². The van der Waals surface area contributed by atoms with Crippen molar-refractivity contribution in [2.75, 3.05) is 77.2 Å². The van der Waals surface area contributed by atoms with Crippen molar-refractivity contribution in [3.05, 3.63) is 192 Å². The maximum absolute atomic E-state index is 11.5. The fourth-order valence-electron chi connectivity index (χ4n) is 9.54. The molecule has 1 saturated heterocycles. The molecular formula is C86H141N11O11S2. The number of rotatable bonds is 43. The molecule has 6 amide bonds. The number of hydrogen-bond donors (Lipinski definition) is 8. The summed E-state index contributed by atoms with van der Waals surface area (Å²) >= 11 is 0. The van der Waals surface area contributed by atoms with E-state index in [1.165, 1.54) is 12.8 Å². The number of carbonyl (C=O) groups is 4. The van der Waals surface area contributed by atoms with E-state index in [0.717, 1.165) is 195 Å². The lowest BCUT2D eigenvalue weighted by atomic mass is 10.1. The molecule has 4 atom stereocenters. The zero-order valence-electron chi connectivity index (χ0n) is 68.5. The molecule has 2 aromatic carbocycles. The van der Waals surface area contributed by atoms with Crippen LogP contribution in [0.2, 0.25) is 0 Å². The molecule has 0 radical (unpaired) electrons. The van der Waals surface area contributed by atoms with Gasteiger partial charge in [0, 0.05) is 106 Å². The number of aromatic nitrogens is 4. The van der Waals surface area contributed by atoms with Crippen LogP contribution in [-0.4, -0.2) is 167 Å². The van der Waals surface area contributed by atoms with E-state index in [1.54, 1.807) is 49.2 Å². The van der Waals surface area contributed by atoms with Crippen molar-refractivity contribution in [1.82, 2.24) is 56.7 Å². The highest BCUT2D eigenvalue weighted by atomic mass is 32.2. The minimum atomic E-state index is -2.96. The van der Waals surface area contributed by atoms with Crippen molar-refractivity contribution < 1.29 is 51.5 Å². The number of nitrogens with one attached hydrogen (secondary N) is 6. The van der Waals surface area contributed by atoms with Crippen molar-refractivity contribution in [3.8, 4) is 0 Å². The van der Waals surface area contributed by atoms with Gasteiger partial charge in [0.15, 0.2) is 9.84 Å². The normalized spacial score (nSPS) is 12.7. The highest BCUT2D eigenvalue weighted by Gasteiger charge is 2.22. The van der Waals surface area contributed by atoms with Crippen molar-refractivity contribution in [2.45, 2.75) is 247 Å². The van der Waals surface area contributed by atoms with Gasteiger partial charge in [-0.15, -0.1) is 0 Å². The first-order chi connectivity index (χ1) is 53.3. The largest absolute Gasteiger partial charge is 0.391 e. The summed E-state index contributed by atoms with van der Waals surface area (Å²) in [6, 6.07) is 40.5. The van der Waals surface area contributed by atoms with Gasteiger partial charge in [0.25, 0.3) is 0 Å². The van der Waals surface area contributed by atoms with Gasteiger partial charge in [0.05, 0.1) is 79.1 Å². The third-order valence-electron chi connectivity index (χ3n) is 16.3. The number of aliphatic hydroxyl groups is 2. The Balaban J connectivity index is 0.00000124. The molecule has 618 valence electrons. The van der Waals surface area contributed by atoms with Crippen LogP contribution in [0.3, 0.4) is 0 Å². The molecule has 6 aromatic rings. The summed E-state index contributed by atoms with van der Waals surface area (Å²) in [5, 5.41) is 35.7. The van der Waals surface area contributed by atoms with E-state index in [1.807, 2.05) is 123 Å². The molecule has 3 unspecified atom stereocenters. The van der Waals surface area contributed by atoms with E-state index >= 15 is 0 Å². The standard InChI is InChI=1S/C12H18N2O.C12H25NO2.C12H17NO.C11H17N3O.C11H16N2O.C10H15NO2S.C10H15NOS.C8H18O2/c1-2-3-9-13-12(15)14-10-11-7-5-4-6-8-11;1-3-4-8-15-10-12(14)9-13-7-5-6-11(13)2;1-2-3-9-13-12(14)10-11-7-5-4-6-8-11;1-2-3-7-13-11(15)14-9-10-6-4-5-8-12-10;1-2-3-6-13-11(14)9-10-4-7-12-8-5-10;1-2-3-8-14(12,13)9-10-6-4-5-7-11-10;1-2-3-8-13(12)9-10-6-4-5-7-11-10;1-3-5-6-10-7-8(9)4-2/h4-8H,2-3,9-10H2,1H3,(H2,13,14,15);11-12,14H,3-10H2,1-2H3;4-8H,2-3,9-10H2,1H3,(H,13,14);4-6,8H,2-3,7,9H2,1H3,(H2,13,14,15);4-5,7-8H,2-3,6,9H2,1H3,(H,13,14);4-7H,2-3,8-9H2,1H3;4-7H,2-3,8-9H2,1H3;8-9H,3-7H2,1-2H3/t;11-,12?;;;;;;/m.1....../s1. The third kappa shape index (κ3) is 64.1. The van der Waals surface area contributed by atoms with Crippen molar-refractivity contribution in [2.24, 2.45) is 0 Å². The van der Waals surface area contributed by atoms with Crippen LogP contribution in [0.4, 0.5) is 9.59 Å². The molecule has 0 spiro atoms. The van der Waals surface area contributed by atoms with Crippen LogP contribution in [0.5, 0.6) is 0 Å². The topological polar surface area (TPSA) is 305 Å². The minimum Gasteiger partial charge on any atom is -0.391 e. The van der Waals surface area contributed by atoms with Crippen molar-refractivity contribution in [1.29, 1.82) is 0 Å². The molecule has 110 heavy (non-hydrogen) atoms. The molecule has 22 nitrogen and oxygen atoms in total. The van der Waals surface area contributed by atoms with Gasteiger partial charge >= 0.3 is 12.1 Å². The number of hydrogen-bond acceptors (Lipinski definition) is 16. The number of likely N-dealkylation sites (tertiary alicyclic amines) is 1. The number of ether oxygens (including phenoxy) is 2. The fourth-order valence-corrected chi connectivity index (χ4v) is 12.3. The number of sulfone groups is 1. The second-order valence-electron chi connectivity index (χ2n) is 26.6. The van der Waals surface area contributed by atoms with E-state index in [2.05, 4.69) is 112 Å². The van der Waals surface area contributed by atoms with E-state index in [4.69, 9.17) is 14.6 Å². The van der Waals surface area contributed by atoms with Gasteiger partial charge in [-0.3, -0.25) is 38.6 Å². The van der Waals surface area contributed by atoms with E-state index < -0.39 is 20.6 Å². The Morgan fingerprint density at radius 2 is 0.918 bits per heavy atom. The number of benzene rings is 2. The maximum Gasteiger partial charge on any atom is 0.315 e. The molecule has 8 N–H and O–H groups in total. The Labute approximate surface area is 665 Å². The van der Waals surface area contributed by atoms with Crippen molar-refractivity contribution >= 4 is 44.5 Å². The lowest BCUT2D eigenvalue weighted by molar-refractivity contribution is -0.121. The highest BCUT2D eigenvalue weighted by Crippen LogP contribution is 2.16. The number of pyridine rings is 4. The van der Waals surface area contributed by atoms with Gasteiger partial charge in [-0.1, -0.05) is 193 Å². The Hall–Kier alpha value is -7.58. The lowest BCUT2D eigenvalue weighted by Crippen LogP contribution is -2.36. The molecule has 24 heteroatoms. The summed E-state index contributed by atoms with van der Waals surface area (Å²) < 4.78 is 45.1. The van der Waals surface area contributed by atoms with Gasteiger partial charge in [-0.25, -0.2) is 18.0 Å². The average Bonchev–Trinajstić information content (AvgIpc) is 1.51.